The van der Waals surface area contributed by atoms with Crippen LogP contribution in [0.5, 0.6) is 0 Å². The van der Waals surface area contributed by atoms with Gasteiger partial charge >= 0.3 is 0 Å². The number of hydrogen-bond acceptors (Lipinski definition) is 6. The smallest absolute Gasteiger partial charge is 0.253 e. The second kappa shape index (κ2) is 9.12. The summed E-state index contributed by atoms with van der Waals surface area (Å²) in [5.41, 5.74) is 2.41. The maximum absolute atomic E-state index is 12.4. The molecule has 7 heteroatoms. The van der Waals surface area contributed by atoms with Crippen LogP contribution in [0.25, 0.3) is 0 Å². The van der Waals surface area contributed by atoms with Crippen LogP contribution in [0.4, 0.5) is 17.1 Å². The van der Waals surface area contributed by atoms with Crippen LogP contribution in [0.15, 0.2) is 64.2 Å². The van der Waals surface area contributed by atoms with E-state index in [1.165, 1.54) is 0 Å². The zero-order valence-electron chi connectivity index (χ0n) is 17.8. The van der Waals surface area contributed by atoms with Gasteiger partial charge in [-0.3, -0.25) is 9.59 Å². The third-order valence-electron chi connectivity index (χ3n) is 5.93. The molecule has 1 heterocycles. The molecular weight excluding hydrogens is 412 g/mol. The molecule has 0 saturated carbocycles. The Morgan fingerprint density at radius 1 is 0.935 bits per heavy atom. The lowest BCUT2D eigenvalue weighted by molar-refractivity contribution is 0.312. The maximum atomic E-state index is 12.4. The molecule has 0 bridgehead atoms. The first-order chi connectivity index (χ1) is 15.0. The highest BCUT2D eigenvalue weighted by Crippen LogP contribution is 2.26. The zero-order chi connectivity index (χ0) is 22.0. The highest BCUT2D eigenvalue weighted by Gasteiger charge is 2.29. The van der Waals surface area contributed by atoms with Crippen molar-refractivity contribution in [3.8, 4) is 0 Å². The molecule has 4 rings (SSSR count). The van der Waals surface area contributed by atoms with Gasteiger partial charge in [-0.05, 0) is 37.9 Å². The summed E-state index contributed by atoms with van der Waals surface area (Å²) in [5.74, 6) is 0. The van der Waals surface area contributed by atoms with Gasteiger partial charge in [0.2, 0.25) is 0 Å². The molecule has 0 amide bonds. The van der Waals surface area contributed by atoms with E-state index in [1.807, 2.05) is 61.5 Å². The fourth-order valence-corrected chi connectivity index (χ4v) is 4.36. The van der Waals surface area contributed by atoms with Crippen LogP contribution in [0.2, 0.25) is 5.02 Å². The van der Waals surface area contributed by atoms with Crippen molar-refractivity contribution in [3.63, 3.8) is 0 Å². The standard InChI is InChI=1S/C24H27ClN4O2/c1-27(2)20(17-7-4-3-5-8-17)16-26-21-22(24(31)23(21)30)29-13-11-28(12-14-29)19-10-6-9-18(25)15-19/h3-10,15,20,26H,11-14,16H2,1-2H3/t20-/m0/s1. The van der Waals surface area contributed by atoms with Crippen LogP contribution in [0, 0.1) is 0 Å². The number of benzene rings is 2. The Morgan fingerprint density at radius 2 is 1.61 bits per heavy atom. The Kier molecular flexibility index (Phi) is 6.30. The molecule has 3 aromatic rings. The Morgan fingerprint density at radius 3 is 2.26 bits per heavy atom. The average Bonchev–Trinajstić information content (AvgIpc) is 2.79. The summed E-state index contributed by atoms with van der Waals surface area (Å²) in [6.45, 7) is 3.45. The quantitative estimate of drug-likeness (QED) is 0.572. The van der Waals surface area contributed by atoms with E-state index in [0.717, 1.165) is 24.3 Å². The molecule has 0 aromatic heterocycles. The van der Waals surface area contributed by atoms with E-state index in [1.54, 1.807) is 0 Å². The van der Waals surface area contributed by atoms with Crippen molar-refractivity contribution in [2.45, 2.75) is 6.04 Å². The van der Waals surface area contributed by atoms with Gasteiger partial charge in [-0.25, -0.2) is 0 Å². The minimum Gasteiger partial charge on any atom is -0.378 e. The second-order valence-electron chi connectivity index (χ2n) is 8.11. The molecule has 31 heavy (non-hydrogen) atoms. The largest absolute Gasteiger partial charge is 0.378 e. The summed E-state index contributed by atoms with van der Waals surface area (Å²) in [5, 5.41) is 3.98. The van der Waals surface area contributed by atoms with Crippen molar-refractivity contribution in [2.75, 3.05) is 61.9 Å². The third-order valence-corrected chi connectivity index (χ3v) is 6.17. The normalized spacial score (nSPS) is 15.5. The summed E-state index contributed by atoms with van der Waals surface area (Å²) < 4.78 is 0. The minimum atomic E-state index is -0.419. The molecule has 3 aromatic carbocycles. The topological polar surface area (TPSA) is 55.9 Å². The van der Waals surface area contributed by atoms with Crippen LogP contribution >= 0.6 is 11.6 Å². The van der Waals surface area contributed by atoms with Crippen LogP contribution in [-0.2, 0) is 0 Å². The molecule has 1 aliphatic heterocycles. The van der Waals surface area contributed by atoms with E-state index in [-0.39, 0.29) is 11.5 Å². The van der Waals surface area contributed by atoms with Gasteiger partial charge < -0.3 is 20.0 Å². The molecule has 1 atom stereocenters. The second-order valence-corrected chi connectivity index (χ2v) is 8.54. The number of halogens is 1. The summed E-state index contributed by atoms with van der Waals surface area (Å²) in [6.07, 6.45) is 0. The van der Waals surface area contributed by atoms with E-state index in [4.69, 9.17) is 11.6 Å². The third kappa shape index (κ3) is 4.45. The van der Waals surface area contributed by atoms with Gasteiger partial charge in [-0.1, -0.05) is 48.0 Å². The number of nitrogens with one attached hydrogen (secondary N) is 1. The fourth-order valence-electron chi connectivity index (χ4n) is 4.18. The summed E-state index contributed by atoms with van der Waals surface area (Å²) in [7, 11) is 4.02. The summed E-state index contributed by atoms with van der Waals surface area (Å²) in [4.78, 5) is 31.1. The number of anilines is 3. The van der Waals surface area contributed by atoms with Crippen molar-refractivity contribution in [3.05, 3.63) is 85.6 Å². The number of likely N-dealkylation sites (N-methyl/N-ethyl adjacent to an activating group) is 1. The Bertz CT molecular complexity index is 1100. The lowest BCUT2D eigenvalue weighted by Gasteiger charge is -2.38. The number of nitrogens with zero attached hydrogens (tertiary/aromatic N) is 3. The minimum absolute atomic E-state index is 0.0955. The van der Waals surface area contributed by atoms with Crippen molar-refractivity contribution in [1.29, 1.82) is 0 Å². The first kappa shape index (κ1) is 21.4. The van der Waals surface area contributed by atoms with Crippen LogP contribution in [-0.4, -0.2) is 51.7 Å². The molecule has 1 N–H and O–H groups in total. The summed E-state index contributed by atoms with van der Waals surface area (Å²) in [6, 6.07) is 18.0. The van der Waals surface area contributed by atoms with Gasteiger partial charge in [0, 0.05) is 43.4 Å². The van der Waals surface area contributed by atoms with Gasteiger partial charge in [0.25, 0.3) is 10.9 Å². The molecule has 1 fully saturated rings. The SMILES string of the molecule is CN(C)[C@@H](CNc1c(N2CCN(c3cccc(Cl)c3)CC2)c(=O)c1=O)c1ccccc1. The number of rotatable bonds is 7. The van der Waals surface area contributed by atoms with E-state index in [0.29, 0.717) is 36.0 Å². The van der Waals surface area contributed by atoms with E-state index >= 15 is 0 Å². The van der Waals surface area contributed by atoms with E-state index in [2.05, 4.69) is 27.2 Å². The molecular formula is C24H27ClN4O2. The molecule has 0 radical (unpaired) electrons. The molecule has 1 aliphatic rings. The molecule has 0 aliphatic carbocycles. The van der Waals surface area contributed by atoms with Gasteiger partial charge in [-0.2, -0.15) is 0 Å². The van der Waals surface area contributed by atoms with Crippen molar-refractivity contribution >= 4 is 28.7 Å². The zero-order valence-corrected chi connectivity index (χ0v) is 18.6. The molecule has 162 valence electrons. The van der Waals surface area contributed by atoms with Crippen molar-refractivity contribution < 1.29 is 0 Å². The molecule has 0 unspecified atom stereocenters. The summed E-state index contributed by atoms with van der Waals surface area (Å²) >= 11 is 6.12. The van der Waals surface area contributed by atoms with Gasteiger partial charge in [-0.15, -0.1) is 0 Å². The highest BCUT2D eigenvalue weighted by molar-refractivity contribution is 6.30. The predicted molar refractivity (Wildman–Crippen MR) is 129 cm³/mol. The fraction of sp³-hybridized carbons (Fsp3) is 0.333. The first-order valence-corrected chi connectivity index (χ1v) is 10.9. The van der Waals surface area contributed by atoms with Crippen molar-refractivity contribution in [1.82, 2.24) is 4.90 Å². The monoisotopic (exact) mass is 438 g/mol. The van der Waals surface area contributed by atoms with Gasteiger partial charge in [0.15, 0.2) is 0 Å². The van der Waals surface area contributed by atoms with Gasteiger partial charge in [0.1, 0.15) is 11.4 Å². The molecule has 1 saturated heterocycles. The lowest BCUT2D eigenvalue weighted by Crippen LogP contribution is -2.51. The highest BCUT2D eigenvalue weighted by atomic mass is 35.5. The average molecular weight is 439 g/mol. The number of piperazine rings is 1. The van der Waals surface area contributed by atoms with Crippen LogP contribution in [0.3, 0.4) is 0 Å². The van der Waals surface area contributed by atoms with Gasteiger partial charge in [0.05, 0.1) is 6.04 Å². The Labute approximate surface area is 187 Å². The van der Waals surface area contributed by atoms with E-state index < -0.39 is 5.43 Å². The number of hydrogen-bond donors (Lipinski definition) is 1. The van der Waals surface area contributed by atoms with Crippen LogP contribution in [0.1, 0.15) is 11.6 Å². The molecule has 6 nitrogen and oxygen atoms in total. The lowest BCUT2D eigenvalue weighted by atomic mass is 10.1. The maximum Gasteiger partial charge on any atom is 0.253 e. The van der Waals surface area contributed by atoms with Crippen molar-refractivity contribution in [2.24, 2.45) is 0 Å². The van der Waals surface area contributed by atoms with E-state index in [9.17, 15) is 9.59 Å². The molecule has 0 spiro atoms. The Balaban J connectivity index is 1.44. The Hall–Kier alpha value is -2.83. The predicted octanol–water partition coefficient (Wildman–Crippen LogP) is 2.98. The first-order valence-electron chi connectivity index (χ1n) is 10.5. The van der Waals surface area contributed by atoms with Crippen LogP contribution < -0.4 is 26.0 Å².